The van der Waals surface area contributed by atoms with Crippen LogP contribution >= 0.6 is 27.3 Å². The summed E-state index contributed by atoms with van der Waals surface area (Å²) in [6.07, 6.45) is 2.05. The van der Waals surface area contributed by atoms with Gasteiger partial charge in [-0.3, -0.25) is 0 Å². The Morgan fingerprint density at radius 2 is 2.20 bits per heavy atom. The number of thiophene rings is 1. The van der Waals surface area contributed by atoms with Gasteiger partial charge in [-0.25, -0.2) is 4.39 Å². The van der Waals surface area contributed by atoms with Crippen LogP contribution in [0.1, 0.15) is 29.7 Å². The fraction of sp³-hybridized carbons (Fsp3) is 0.375. The third-order valence-corrected chi connectivity index (χ3v) is 4.93. The van der Waals surface area contributed by atoms with Crippen molar-refractivity contribution in [3.63, 3.8) is 0 Å². The molecule has 0 saturated carbocycles. The number of benzene rings is 1. The summed E-state index contributed by atoms with van der Waals surface area (Å²) in [7, 11) is 0. The number of hydrogen-bond acceptors (Lipinski definition) is 2. The number of rotatable bonds is 7. The highest BCUT2D eigenvalue weighted by Crippen LogP contribution is 2.27. The van der Waals surface area contributed by atoms with Crippen LogP contribution < -0.4 is 5.32 Å². The fourth-order valence-electron chi connectivity index (χ4n) is 2.23. The molecular formula is C16H19BrFNS. The van der Waals surface area contributed by atoms with Crippen LogP contribution in [0.2, 0.25) is 0 Å². The molecule has 0 bridgehead atoms. The van der Waals surface area contributed by atoms with E-state index in [1.54, 1.807) is 23.5 Å². The van der Waals surface area contributed by atoms with Crippen LogP contribution in [0.5, 0.6) is 0 Å². The van der Waals surface area contributed by atoms with Gasteiger partial charge >= 0.3 is 0 Å². The van der Waals surface area contributed by atoms with Crippen molar-refractivity contribution in [2.75, 3.05) is 13.1 Å². The first kappa shape index (κ1) is 15.7. The lowest BCUT2D eigenvalue weighted by atomic mass is 9.94. The van der Waals surface area contributed by atoms with Crippen molar-refractivity contribution in [1.29, 1.82) is 0 Å². The monoisotopic (exact) mass is 355 g/mol. The van der Waals surface area contributed by atoms with Gasteiger partial charge in [0.15, 0.2) is 0 Å². The topological polar surface area (TPSA) is 12.0 Å². The molecule has 0 aliphatic heterocycles. The van der Waals surface area contributed by atoms with E-state index in [-0.39, 0.29) is 5.82 Å². The number of halogens is 2. The highest BCUT2D eigenvalue weighted by molar-refractivity contribution is 9.10. The van der Waals surface area contributed by atoms with Crippen molar-refractivity contribution in [1.82, 2.24) is 5.32 Å². The zero-order valence-electron chi connectivity index (χ0n) is 11.5. The maximum absolute atomic E-state index is 13.4. The third kappa shape index (κ3) is 4.69. The van der Waals surface area contributed by atoms with Crippen molar-refractivity contribution in [2.45, 2.75) is 25.7 Å². The summed E-state index contributed by atoms with van der Waals surface area (Å²) in [6.45, 7) is 4.04. The van der Waals surface area contributed by atoms with Gasteiger partial charge in [-0.1, -0.05) is 19.1 Å². The van der Waals surface area contributed by atoms with Crippen LogP contribution in [0, 0.1) is 5.82 Å². The first-order chi connectivity index (χ1) is 9.69. The first-order valence-electron chi connectivity index (χ1n) is 6.88. The lowest BCUT2D eigenvalue weighted by molar-refractivity contribution is 0.571. The van der Waals surface area contributed by atoms with Gasteiger partial charge < -0.3 is 5.32 Å². The van der Waals surface area contributed by atoms with Crippen LogP contribution in [-0.4, -0.2) is 13.1 Å². The number of hydrogen-bond donors (Lipinski definition) is 1. The summed E-state index contributed by atoms with van der Waals surface area (Å²) in [4.78, 5) is 1.32. The molecule has 1 heterocycles. The molecule has 1 aromatic carbocycles. The van der Waals surface area contributed by atoms with Crippen LogP contribution in [0.3, 0.4) is 0 Å². The van der Waals surface area contributed by atoms with Gasteiger partial charge in [0.05, 0.1) is 0 Å². The van der Waals surface area contributed by atoms with Crippen LogP contribution in [0.25, 0.3) is 0 Å². The molecule has 1 unspecified atom stereocenters. The molecule has 0 saturated heterocycles. The second-order valence-corrected chi connectivity index (χ2v) is 6.80. The first-order valence-corrected chi connectivity index (χ1v) is 8.55. The molecule has 0 aliphatic rings. The SMILES string of the molecule is CCCNCC(Cc1cc(Br)cs1)c1cccc(F)c1. The summed E-state index contributed by atoms with van der Waals surface area (Å²) in [5.41, 5.74) is 1.07. The fourth-order valence-corrected chi connectivity index (χ4v) is 3.76. The Balaban J connectivity index is 2.11. The molecule has 0 fully saturated rings. The van der Waals surface area contributed by atoms with Gasteiger partial charge in [-0.15, -0.1) is 11.3 Å². The predicted octanol–water partition coefficient (Wildman–Crippen LogP) is 4.98. The van der Waals surface area contributed by atoms with Crippen LogP contribution in [0.4, 0.5) is 4.39 Å². The minimum atomic E-state index is -0.157. The van der Waals surface area contributed by atoms with Gasteiger partial charge in [0.25, 0.3) is 0 Å². The van der Waals surface area contributed by atoms with Gasteiger partial charge in [0.1, 0.15) is 5.82 Å². The molecule has 2 aromatic rings. The maximum atomic E-state index is 13.4. The highest BCUT2D eigenvalue weighted by Gasteiger charge is 2.14. The Hall–Kier alpha value is -0.710. The Morgan fingerprint density at radius 1 is 1.35 bits per heavy atom. The molecule has 4 heteroatoms. The predicted molar refractivity (Wildman–Crippen MR) is 88.0 cm³/mol. The van der Waals surface area contributed by atoms with Crippen molar-refractivity contribution >= 4 is 27.3 Å². The molecule has 1 aromatic heterocycles. The van der Waals surface area contributed by atoms with Crippen molar-refractivity contribution in [2.24, 2.45) is 0 Å². The molecule has 108 valence electrons. The Morgan fingerprint density at radius 3 is 2.85 bits per heavy atom. The van der Waals surface area contributed by atoms with E-state index in [4.69, 9.17) is 0 Å². The minimum Gasteiger partial charge on any atom is -0.316 e. The largest absolute Gasteiger partial charge is 0.316 e. The molecule has 0 aliphatic carbocycles. The van der Waals surface area contributed by atoms with E-state index in [0.29, 0.717) is 5.92 Å². The standard InChI is InChI=1S/C16H19BrFNS/c1-2-6-19-10-13(8-16-9-14(17)11-20-16)12-4-3-5-15(18)7-12/h3-5,7,9,11,13,19H,2,6,8,10H2,1H3. The Kier molecular flexibility index (Phi) is 6.20. The summed E-state index contributed by atoms with van der Waals surface area (Å²) in [5.74, 6) is 0.151. The van der Waals surface area contributed by atoms with Crippen molar-refractivity contribution in [3.8, 4) is 0 Å². The second kappa shape index (κ2) is 7.91. The van der Waals surface area contributed by atoms with E-state index >= 15 is 0 Å². The van der Waals surface area contributed by atoms with Crippen molar-refractivity contribution < 1.29 is 4.39 Å². The van der Waals surface area contributed by atoms with E-state index in [9.17, 15) is 4.39 Å². The lowest BCUT2D eigenvalue weighted by Crippen LogP contribution is -2.23. The number of nitrogens with one attached hydrogen (secondary N) is 1. The van der Waals surface area contributed by atoms with E-state index in [0.717, 1.165) is 36.0 Å². The smallest absolute Gasteiger partial charge is 0.123 e. The molecule has 0 spiro atoms. The lowest BCUT2D eigenvalue weighted by Gasteiger charge is -2.17. The Bertz CT molecular complexity index is 541. The third-order valence-electron chi connectivity index (χ3n) is 3.21. The van der Waals surface area contributed by atoms with Crippen LogP contribution in [0.15, 0.2) is 40.2 Å². The molecule has 20 heavy (non-hydrogen) atoms. The molecular weight excluding hydrogens is 337 g/mol. The van der Waals surface area contributed by atoms with Gasteiger partial charge in [0.2, 0.25) is 0 Å². The molecule has 0 amide bonds. The van der Waals surface area contributed by atoms with Gasteiger partial charge in [-0.2, -0.15) is 0 Å². The van der Waals surface area contributed by atoms with E-state index in [1.165, 1.54) is 10.9 Å². The molecule has 1 atom stereocenters. The van der Waals surface area contributed by atoms with Gasteiger partial charge in [-0.05, 0) is 59.1 Å². The zero-order valence-corrected chi connectivity index (χ0v) is 13.9. The average molecular weight is 356 g/mol. The zero-order chi connectivity index (χ0) is 14.4. The minimum absolute atomic E-state index is 0.157. The molecule has 2 rings (SSSR count). The average Bonchev–Trinajstić information content (AvgIpc) is 2.83. The van der Waals surface area contributed by atoms with Gasteiger partial charge in [0, 0.05) is 27.2 Å². The molecule has 1 N–H and O–H groups in total. The summed E-state index contributed by atoms with van der Waals surface area (Å²) < 4.78 is 14.6. The summed E-state index contributed by atoms with van der Waals surface area (Å²) >= 11 is 5.24. The molecule has 1 nitrogen and oxygen atoms in total. The van der Waals surface area contributed by atoms with Crippen LogP contribution in [-0.2, 0) is 6.42 Å². The Labute approximate surface area is 132 Å². The molecule has 0 radical (unpaired) electrons. The highest BCUT2D eigenvalue weighted by atomic mass is 79.9. The maximum Gasteiger partial charge on any atom is 0.123 e. The summed E-state index contributed by atoms with van der Waals surface area (Å²) in [5, 5.41) is 5.55. The quantitative estimate of drug-likeness (QED) is 0.691. The van der Waals surface area contributed by atoms with E-state index in [1.807, 2.05) is 6.07 Å². The normalized spacial score (nSPS) is 12.6. The van der Waals surface area contributed by atoms with E-state index in [2.05, 4.69) is 39.6 Å². The second-order valence-electron chi connectivity index (χ2n) is 4.89. The summed E-state index contributed by atoms with van der Waals surface area (Å²) in [6, 6.07) is 9.12. The van der Waals surface area contributed by atoms with E-state index < -0.39 is 0 Å². The van der Waals surface area contributed by atoms with Crippen molar-refractivity contribution in [3.05, 3.63) is 56.4 Å².